The van der Waals surface area contributed by atoms with Crippen LogP contribution in [0, 0.1) is 10.5 Å². The number of hydrogen-bond donors (Lipinski definition) is 4. The average molecular weight is 529 g/mol. The maximum absolute atomic E-state index is 13.7. The molecule has 0 fully saturated rings. The number of H-pyrrole nitrogens is 2. The standard InChI is InChI=1S/C27H25FN8OS/c1-27(2,3)8-23(37)32-15-6-14(9-29-10-15)18-7-16-19(13-31-18)35-36-25(16)26-33-20-12-30-11-17(24(20)34-26)21-4-5-22(28)38-21/h4-7,9-13,23,32,37H,8H2,1-3H3,(H,33,34)(H,35,36). The number of rotatable bonds is 6. The first-order chi connectivity index (χ1) is 18.2. The van der Waals surface area contributed by atoms with Gasteiger partial charge in [-0.2, -0.15) is 9.49 Å². The van der Waals surface area contributed by atoms with E-state index in [1.54, 1.807) is 37.1 Å². The number of anilines is 1. The van der Waals surface area contributed by atoms with E-state index >= 15 is 0 Å². The second kappa shape index (κ2) is 9.26. The summed E-state index contributed by atoms with van der Waals surface area (Å²) in [6.07, 6.45) is 8.41. The second-order valence-corrected chi connectivity index (χ2v) is 11.4. The zero-order valence-electron chi connectivity index (χ0n) is 21.0. The number of nitrogens with zero attached hydrogens (tertiary/aromatic N) is 5. The number of pyridine rings is 3. The van der Waals surface area contributed by atoms with E-state index in [0.717, 1.165) is 43.8 Å². The highest BCUT2D eigenvalue weighted by Crippen LogP contribution is 2.34. The molecule has 0 saturated heterocycles. The van der Waals surface area contributed by atoms with Crippen molar-refractivity contribution < 1.29 is 9.50 Å². The fourth-order valence-corrected chi connectivity index (χ4v) is 5.16. The number of aromatic amines is 2. The minimum atomic E-state index is -0.693. The first-order valence-electron chi connectivity index (χ1n) is 12.1. The quantitative estimate of drug-likeness (QED) is 0.195. The van der Waals surface area contributed by atoms with Crippen LogP contribution in [0.1, 0.15) is 27.2 Å². The molecule has 6 rings (SSSR count). The summed E-state index contributed by atoms with van der Waals surface area (Å²) in [4.78, 5) is 22.1. The topological polar surface area (TPSA) is 128 Å². The number of imidazole rings is 1. The van der Waals surface area contributed by atoms with Crippen molar-refractivity contribution in [2.75, 3.05) is 5.32 Å². The lowest BCUT2D eigenvalue weighted by Crippen LogP contribution is -2.25. The average Bonchev–Trinajstić information content (AvgIpc) is 3.60. The third-order valence-corrected chi connectivity index (χ3v) is 6.98. The number of aliphatic hydroxyl groups excluding tert-OH is 1. The Morgan fingerprint density at radius 1 is 1.05 bits per heavy atom. The Bertz CT molecular complexity index is 1770. The maximum atomic E-state index is 13.7. The van der Waals surface area contributed by atoms with Crippen LogP contribution in [-0.4, -0.2) is 46.5 Å². The Balaban J connectivity index is 1.36. The monoisotopic (exact) mass is 528 g/mol. The number of hydrogen-bond acceptors (Lipinski definition) is 8. The number of nitrogens with one attached hydrogen (secondary N) is 3. The van der Waals surface area contributed by atoms with Gasteiger partial charge in [0, 0.05) is 33.8 Å². The van der Waals surface area contributed by atoms with Gasteiger partial charge in [0.05, 0.1) is 41.0 Å². The smallest absolute Gasteiger partial charge is 0.176 e. The van der Waals surface area contributed by atoms with Gasteiger partial charge in [0.1, 0.15) is 17.4 Å². The maximum Gasteiger partial charge on any atom is 0.176 e. The third-order valence-electron chi connectivity index (χ3n) is 6.08. The lowest BCUT2D eigenvalue weighted by atomic mass is 9.91. The van der Waals surface area contributed by atoms with Gasteiger partial charge < -0.3 is 15.4 Å². The largest absolute Gasteiger partial charge is 0.374 e. The molecule has 192 valence electrons. The van der Waals surface area contributed by atoms with Crippen molar-refractivity contribution in [2.24, 2.45) is 5.41 Å². The van der Waals surface area contributed by atoms with Crippen LogP contribution >= 0.6 is 11.3 Å². The molecular weight excluding hydrogens is 503 g/mol. The van der Waals surface area contributed by atoms with Gasteiger partial charge in [-0.3, -0.25) is 20.1 Å². The Labute approximate surface area is 221 Å². The Kier molecular flexibility index (Phi) is 5.88. The number of aromatic nitrogens is 7. The molecule has 11 heteroatoms. The van der Waals surface area contributed by atoms with E-state index in [9.17, 15) is 9.50 Å². The minimum absolute atomic E-state index is 0.0187. The van der Waals surface area contributed by atoms with Crippen LogP contribution in [0.4, 0.5) is 10.1 Å². The van der Waals surface area contributed by atoms with Crippen molar-refractivity contribution in [3.8, 4) is 33.2 Å². The van der Waals surface area contributed by atoms with Crippen LogP contribution in [0.2, 0.25) is 0 Å². The molecule has 0 aromatic carbocycles. The minimum Gasteiger partial charge on any atom is -0.374 e. The van der Waals surface area contributed by atoms with Crippen molar-refractivity contribution in [3.63, 3.8) is 0 Å². The van der Waals surface area contributed by atoms with Crippen molar-refractivity contribution >= 4 is 39.0 Å². The van der Waals surface area contributed by atoms with Crippen molar-refractivity contribution in [1.82, 2.24) is 35.1 Å². The molecule has 0 spiro atoms. The SMILES string of the molecule is CC(C)(C)CC(O)Nc1cncc(-c2cc3c(-c4nc5c(-c6ccc(F)s6)cncc5[nH]4)n[nH]c3cn2)c1. The molecule has 0 radical (unpaired) electrons. The van der Waals surface area contributed by atoms with E-state index in [0.29, 0.717) is 34.8 Å². The molecular formula is C27H25FN8OS. The van der Waals surface area contributed by atoms with E-state index in [2.05, 4.69) is 56.2 Å². The zero-order chi connectivity index (χ0) is 26.4. The zero-order valence-corrected chi connectivity index (χ0v) is 21.8. The Morgan fingerprint density at radius 3 is 2.68 bits per heavy atom. The van der Waals surface area contributed by atoms with Gasteiger partial charge in [-0.15, -0.1) is 11.3 Å². The van der Waals surface area contributed by atoms with Gasteiger partial charge in [-0.1, -0.05) is 20.8 Å². The summed E-state index contributed by atoms with van der Waals surface area (Å²) in [7, 11) is 0. The molecule has 4 N–H and O–H groups in total. The van der Waals surface area contributed by atoms with E-state index in [1.807, 2.05) is 12.1 Å². The van der Waals surface area contributed by atoms with E-state index in [4.69, 9.17) is 4.98 Å². The van der Waals surface area contributed by atoms with Crippen LogP contribution in [0.25, 0.3) is 55.2 Å². The number of aliphatic hydroxyl groups is 1. The summed E-state index contributed by atoms with van der Waals surface area (Å²) in [6, 6.07) is 7.01. The third kappa shape index (κ3) is 4.73. The molecule has 0 aliphatic carbocycles. The summed E-state index contributed by atoms with van der Waals surface area (Å²) in [5, 5.41) is 21.6. The number of halogens is 1. The lowest BCUT2D eigenvalue weighted by Gasteiger charge is -2.23. The predicted octanol–water partition coefficient (Wildman–Crippen LogP) is 5.99. The van der Waals surface area contributed by atoms with Gasteiger partial charge in [-0.25, -0.2) is 4.98 Å². The second-order valence-electron chi connectivity index (χ2n) is 10.3. The van der Waals surface area contributed by atoms with Crippen LogP contribution in [0.15, 0.2) is 55.2 Å². The molecule has 1 atom stereocenters. The fourth-order valence-electron chi connectivity index (χ4n) is 4.42. The van der Waals surface area contributed by atoms with Gasteiger partial charge in [0.25, 0.3) is 0 Å². The molecule has 6 aromatic rings. The fraction of sp³-hybridized carbons (Fsp3) is 0.222. The summed E-state index contributed by atoms with van der Waals surface area (Å²) >= 11 is 1.05. The van der Waals surface area contributed by atoms with Crippen LogP contribution in [0.3, 0.4) is 0 Å². The van der Waals surface area contributed by atoms with Crippen LogP contribution < -0.4 is 5.32 Å². The van der Waals surface area contributed by atoms with E-state index in [1.165, 1.54) is 6.07 Å². The summed E-state index contributed by atoms with van der Waals surface area (Å²) < 4.78 is 13.7. The first-order valence-corrected chi connectivity index (χ1v) is 12.9. The summed E-state index contributed by atoms with van der Waals surface area (Å²) in [5.41, 5.74) is 5.75. The summed E-state index contributed by atoms with van der Waals surface area (Å²) in [5.74, 6) is 0.563. The molecule has 0 amide bonds. The predicted molar refractivity (Wildman–Crippen MR) is 147 cm³/mol. The van der Waals surface area contributed by atoms with E-state index in [-0.39, 0.29) is 10.5 Å². The highest BCUT2D eigenvalue weighted by Gasteiger charge is 2.19. The Morgan fingerprint density at radius 2 is 1.89 bits per heavy atom. The molecule has 38 heavy (non-hydrogen) atoms. The van der Waals surface area contributed by atoms with Gasteiger partial charge >= 0.3 is 0 Å². The normalized spacial score (nSPS) is 12.9. The Hall–Kier alpha value is -4.22. The molecule has 0 aliphatic heterocycles. The molecule has 0 bridgehead atoms. The lowest BCUT2D eigenvalue weighted by molar-refractivity contribution is 0.145. The molecule has 6 aromatic heterocycles. The van der Waals surface area contributed by atoms with Gasteiger partial charge in [-0.05, 0) is 36.1 Å². The van der Waals surface area contributed by atoms with Crippen molar-refractivity contribution in [2.45, 2.75) is 33.4 Å². The molecule has 0 aliphatic rings. The van der Waals surface area contributed by atoms with Crippen molar-refractivity contribution in [1.29, 1.82) is 0 Å². The molecule has 9 nitrogen and oxygen atoms in total. The summed E-state index contributed by atoms with van der Waals surface area (Å²) in [6.45, 7) is 6.24. The van der Waals surface area contributed by atoms with Crippen LogP contribution in [0.5, 0.6) is 0 Å². The number of fused-ring (bicyclic) bond motifs is 2. The first kappa shape index (κ1) is 24.1. The highest BCUT2D eigenvalue weighted by molar-refractivity contribution is 7.14. The van der Waals surface area contributed by atoms with E-state index < -0.39 is 6.23 Å². The number of thiophene rings is 1. The van der Waals surface area contributed by atoms with Gasteiger partial charge in [0.2, 0.25) is 0 Å². The van der Waals surface area contributed by atoms with Crippen LogP contribution in [-0.2, 0) is 0 Å². The van der Waals surface area contributed by atoms with Crippen molar-refractivity contribution in [3.05, 3.63) is 60.4 Å². The van der Waals surface area contributed by atoms with Gasteiger partial charge in [0.15, 0.2) is 11.0 Å². The highest BCUT2D eigenvalue weighted by atomic mass is 32.1. The molecule has 1 unspecified atom stereocenters. The molecule has 0 saturated carbocycles. The molecule has 6 heterocycles.